The minimum absolute atomic E-state index is 0.0299. The number of nitrogens with zero attached hydrogens (tertiary/aromatic N) is 1. The Balaban J connectivity index is 1.89. The highest BCUT2D eigenvalue weighted by molar-refractivity contribution is 7.80. The molecule has 0 saturated carbocycles. The lowest BCUT2D eigenvalue weighted by molar-refractivity contribution is -0.134. The number of benzene rings is 1. The van der Waals surface area contributed by atoms with Crippen molar-refractivity contribution < 1.29 is 9.53 Å². The van der Waals surface area contributed by atoms with Crippen molar-refractivity contribution in [3.05, 3.63) is 29.8 Å². The molecular formula is C16H22N2O2S. The van der Waals surface area contributed by atoms with Crippen molar-refractivity contribution >= 4 is 23.1 Å². The number of hydrogen-bond acceptors (Lipinski definition) is 3. The molecule has 0 aliphatic carbocycles. The second kappa shape index (κ2) is 7.41. The number of nitrogens with two attached hydrogens (primary N) is 1. The van der Waals surface area contributed by atoms with Crippen LogP contribution in [0.4, 0.5) is 0 Å². The van der Waals surface area contributed by atoms with Crippen molar-refractivity contribution in [1.29, 1.82) is 0 Å². The molecule has 1 aliphatic heterocycles. The number of carbonyl (C=O) groups excluding carboxylic acids is 1. The first-order valence-electron chi connectivity index (χ1n) is 7.41. The summed E-state index contributed by atoms with van der Waals surface area (Å²) in [7, 11) is 0. The van der Waals surface area contributed by atoms with Crippen molar-refractivity contribution in [3.63, 3.8) is 0 Å². The van der Waals surface area contributed by atoms with Gasteiger partial charge in [-0.1, -0.05) is 37.7 Å². The summed E-state index contributed by atoms with van der Waals surface area (Å²) in [6.45, 7) is 3.91. The average molecular weight is 306 g/mol. The average Bonchev–Trinajstić information content (AvgIpc) is 2.52. The van der Waals surface area contributed by atoms with E-state index in [0.29, 0.717) is 11.3 Å². The minimum atomic E-state index is 0.0299. The summed E-state index contributed by atoms with van der Waals surface area (Å²) in [5.74, 6) is 1.36. The van der Waals surface area contributed by atoms with Crippen molar-refractivity contribution in [2.45, 2.75) is 26.2 Å². The van der Waals surface area contributed by atoms with E-state index in [1.165, 1.54) is 6.42 Å². The number of amides is 1. The maximum atomic E-state index is 12.2. The van der Waals surface area contributed by atoms with Crippen LogP contribution in [0.2, 0.25) is 0 Å². The Hall–Kier alpha value is -1.62. The summed E-state index contributed by atoms with van der Waals surface area (Å²) in [6, 6.07) is 7.27. The Labute approximate surface area is 131 Å². The van der Waals surface area contributed by atoms with Gasteiger partial charge in [0.05, 0.1) is 5.56 Å². The first-order chi connectivity index (χ1) is 10.1. The van der Waals surface area contributed by atoms with Gasteiger partial charge in [-0.3, -0.25) is 4.79 Å². The molecule has 1 fully saturated rings. The maximum Gasteiger partial charge on any atom is 0.260 e. The number of carbonyl (C=O) groups is 1. The molecule has 21 heavy (non-hydrogen) atoms. The van der Waals surface area contributed by atoms with E-state index in [1.54, 1.807) is 12.1 Å². The Morgan fingerprint density at radius 3 is 2.67 bits per heavy atom. The van der Waals surface area contributed by atoms with Crippen molar-refractivity contribution in [3.8, 4) is 5.75 Å². The molecular weight excluding hydrogens is 284 g/mol. The van der Waals surface area contributed by atoms with Gasteiger partial charge in [-0.15, -0.1) is 0 Å². The van der Waals surface area contributed by atoms with E-state index in [2.05, 4.69) is 6.92 Å². The first kappa shape index (κ1) is 15.8. The van der Waals surface area contributed by atoms with Gasteiger partial charge in [-0.2, -0.15) is 0 Å². The smallest absolute Gasteiger partial charge is 0.260 e. The van der Waals surface area contributed by atoms with E-state index in [0.717, 1.165) is 31.8 Å². The van der Waals surface area contributed by atoms with Gasteiger partial charge >= 0.3 is 0 Å². The van der Waals surface area contributed by atoms with E-state index in [4.69, 9.17) is 22.7 Å². The van der Waals surface area contributed by atoms with Gasteiger partial charge in [0.15, 0.2) is 6.61 Å². The van der Waals surface area contributed by atoms with Crippen LogP contribution in [-0.2, 0) is 4.79 Å². The third-order valence-corrected chi connectivity index (χ3v) is 4.27. The van der Waals surface area contributed by atoms with Crippen LogP contribution in [0.1, 0.15) is 31.7 Å². The van der Waals surface area contributed by atoms with Crippen molar-refractivity contribution in [2.24, 2.45) is 11.7 Å². The molecule has 1 heterocycles. The van der Waals surface area contributed by atoms with Gasteiger partial charge in [0.2, 0.25) is 0 Å². The molecule has 1 aromatic rings. The molecule has 2 rings (SSSR count). The SMILES string of the molecule is CCC1CCN(C(=O)COc2ccccc2C(N)=S)CC1. The van der Waals surface area contributed by atoms with Crippen LogP contribution in [0.15, 0.2) is 24.3 Å². The fourth-order valence-corrected chi connectivity index (χ4v) is 2.79. The summed E-state index contributed by atoms with van der Waals surface area (Å²) in [6.07, 6.45) is 3.37. The van der Waals surface area contributed by atoms with Gasteiger partial charge in [0.1, 0.15) is 10.7 Å². The summed E-state index contributed by atoms with van der Waals surface area (Å²) < 4.78 is 5.61. The van der Waals surface area contributed by atoms with Crippen LogP contribution in [0.5, 0.6) is 5.75 Å². The fourth-order valence-electron chi connectivity index (χ4n) is 2.62. The number of hydrogen-bond donors (Lipinski definition) is 1. The van der Waals surface area contributed by atoms with E-state index < -0.39 is 0 Å². The lowest BCUT2D eigenvalue weighted by Gasteiger charge is -2.31. The standard InChI is InChI=1S/C16H22N2O2S/c1-2-12-7-9-18(10-8-12)15(19)11-20-14-6-4-3-5-13(14)16(17)21/h3-6,12H,2,7-11H2,1H3,(H2,17,21). The molecule has 5 heteroatoms. The highest BCUT2D eigenvalue weighted by atomic mass is 32.1. The Morgan fingerprint density at radius 2 is 2.05 bits per heavy atom. The van der Waals surface area contributed by atoms with Crippen LogP contribution in [0, 0.1) is 5.92 Å². The van der Waals surface area contributed by atoms with Gasteiger partial charge in [-0.25, -0.2) is 0 Å². The third kappa shape index (κ3) is 4.17. The monoisotopic (exact) mass is 306 g/mol. The first-order valence-corrected chi connectivity index (χ1v) is 7.82. The molecule has 0 radical (unpaired) electrons. The van der Waals surface area contributed by atoms with E-state index >= 15 is 0 Å². The summed E-state index contributed by atoms with van der Waals surface area (Å²) in [5.41, 5.74) is 6.32. The molecule has 0 atom stereocenters. The second-order valence-electron chi connectivity index (χ2n) is 5.38. The Bertz CT molecular complexity index is 511. The van der Waals surface area contributed by atoms with Gasteiger partial charge in [-0.05, 0) is 30.9 Å². The van der Waals surface area contributed by atoms with Crippen LogP contribution < -0.4 is 10.5 Å². The van der Waals surface area contributed by atoms with Crippen LogP contribution >= 0.6 is 12.2 Å². The molecule has 1 aromatic carbocycles. The number of piperidine rings is 1. The zero-order chi connectivity index (χ0) is 15.2. The molecule has 2 N–H and O–H groups in total. The fraction of sp³-hybridized carbons (Fsp3) is 0.500. The van der Waals surface area contributed by atoms with Gasteiger partial charge in [0, 0.05) is 13.1 Å². The summed E-state index contributed by atoms with van der Waals surface area (Å²) in [5, 5.41) is 0. The number of ether oxygens (including phenoxy) is 1. The molecule has 114 valence electrons. The maximum absolute atomic E-state index is 12.2. The van der Waals surface area contributed by atoms with Crippen LogP contribution in [0.3, 0.4) is 0 Å². The predicted molar refractivity (Wildman–Crippen MR) is 87.4 cm³/mol. The molecule has 0 aromatic heterocycles. The number of rotatable bonds is 5. The van der Waals surface area contributed by atoms with Crippen molar-refractivity contribution in [1.82, 2.24) is 4.90 Å². The van der Waals surface area contributed by atoms with Gasteiger partial charge in [0.25, 0.3) is 5.91 Å². The molecule has 0 spiro atoms. The zero-order valence-electron chi connectivity index (χ0n) is 12.4. The second-order valence-corrected chi connectivity index (χ2v) is 5.82. The van der Waals surface area contributed by atoms with E-state index in [-0.39, 0.29) is 17.5 Å². The Kier molecular flexibility index (Phi) is 5.56. The third-order valence-electron chi connectivity index (χ3n) is 4.05. The molecule has 1 saturated heterocycles. The lowest BCUT2D eigenvalue weighted by atomic mass is 9.94. The minimum Gasteiger partial charge on any atom is -0.483 e. The number of likely N-dealkylation sites (tertiary alicyclic amines) is 1. The predicted octanol–water partition coefficient (Wildman–Crippen LogP) is 2.35. The number of thiocarbonyl (C=S) groups is 1. The Morgan fingerprint density at radius 1 is 1.38 bits per heavy atom. The van der Waals surface area contributed by atoms with E-state index in [9.17, 15) is 4.79 Å². The largest absolute Gasteiger partial charge is 0.483 e. The van der Waals surface area contributed by atoms with E-state index in [1.807, 2.05) is 17.0 Å². The summed E-state index contributed by atoms with van der Waals surface area (Å²) in [4.78, 5) is 14.3. The highest BCUT2D eigenvalue weighted by Gasteiger charge is 2.22. The van der Waals surface area contributed by atoms with Crippen LogP contribution in [-0.4, -0.2) is 35.5 Å². The lowest BCUT2D eigenvalue weighted by Crippen LogP contribution is -2.41. The van der Waals surface area contributed by atoms with Crippen molar-refractivity contribution in [2.75, 3.05) is 19.7 Å². The zero-order valence-corrected chi connectivity index (χ0v) is 13.2. The number of para-hydroxylation sites is 1. The normalized spacial score (nSPS) is 15.8. The molecule has 1 aliphatic rings. The molecule has 0 unspecified atom stereocenters. The summed E-state index contributed by atoms with van der Waals surface area (Å²) >= 11 is 4.98. The molecule has 4 nitrogen and oxygen atoms in total. The van der Waals surface area contributed by atoms with Gasteiger partial charge < -0.3 is 15.4 Å². The quantitative estimate of drug-likeness (QED) is 0.849. The molecule has 1 amide bonds. The molecule has 0 bridgehead atoms. The van der Waals surface area contributed by atoms with Crippen LogP contribution in [0.25, 0.3) is 0 Å². The topological polar surface area (TPSA) is 55.6 Å². The highest BCUT2D eigenvalue weighted by Crippen LogP contribution is 2.21.